The fourth-order valence-electron chi connectivity index (χ4n) is 6.02. The quantitative estimate of drug-likeness (QED) is 0.332. The molecule has 0 N–H and O–H groups in total. The molecular weight excluding hydrogens is 422 g/mol. The van der Waals surface area contributed by atoms with Crippen LogP contribution in [0.1, 0.15) is 47.1 Å². The van der Waals surface area contributed by atoms with Gasteiger partial charge >= 0.3 is 0 Å². The lowest BCUT2D eigenvalue weighted by atomic mass is 9.74. The maximum Gasteiger partial charge on any atom is 0.127 e. The Bertz CT molecular complexity index is 1660. The van der Waals surface area contributed by atoms with E-state index in [4.69, 9.17) is 0 Å². The smallest absolute Gasteiger partial charge is 0.127 e. The molecule has 4 aromatic carbocycles. The molecule has 2 heteroatoms. The van der Waals surface area contributed by atoms with Gasteiger partial charge in [-0.05, 0) is 75.2 Å². The van der Waals surface area contributed by atoms with Crippen molar-refractivity contribution in [3.8, 4) is 0 Å². The van der Waals surface area contributed by atoms with Crippen LogP contribution in [0.4, 0.5) is 8.78 Å². The molecule has 0 saturated carbocycles. The lowest BCUT2D eigenvalue weighted by Crippen LogP contribution is -2.29. The summed E-state index contributed by atoms with van der Waals surface area (Å²) >= 11 is 0. The van der Waals surface area contributed by atoms with Crippen molar-refractivity contribution in [2.45, 2.75) is 32.6 Å². The highest BCUT2D eigenvalue weighted by molar-refractivity contribution is 5.73. The van der Waals surface area contributed by atoms with Gasteiger partial charge < -0.3 is 0 Å². The average molecular weight is 449 g/mol. The Hall–Kier alpha value is -3.52. The first-order valence-corrected chi connectivity index (χ1v) is 12.0. The zero-order valence-corrected chi connectivity index (χ0v) is 19.4. The molecule has 2 unspecified atom stereocenters. The van der Waals surface area contributed by atoms with E-state index in [1.807, 2.05) is 24.3 Å². The highest BCUT2D eigenvalue weighted by Crippen LogP contribution is 2.40. The lowest BCUT2D eigenvalue weighted by Gasteiger charge is -2.30. The summed E-state index contributed by atoms with van der Waals surface area (Å²) in [6, 6.07) is 27.1. The van der Waals surface area contributed by atoms with Crippen molar-refractivity contribution in [1.29, 1.82) is 0 Å². The molecule has 4 aromatic rings. The van der Waals surface area contributed by atoms with Crippen LogP contribution in [0.2, 0.25) is 0 Å². The van der Waals surface area contributed by atoms with Gasteiger partial charge in [-0.3, -0.25) is 0 Å². The van der Waals surface area contributed by atoms with Crippen LogP contribution in [0.15, 0.2) is 84.9 Å². The molecule has 0 spiro atoms. The summed E-state index contributed by atoms with van der Waals surface area (Å²) in [5.74, 6) is -0.980. The van der Waals surface area contributed by atoms with Gasteiger partial charge in [0.15, 0.2) is 0 Å². The maximum absolute atomic E-state index is 16.3. The summed E-state index contributed by atoms with van der Waals surface area (Å²) in [5.41, 5.74) is 6.29. The number of hydrogen-bond acceptors (Lipinski definition) is 0. The molecule has 0 radical (unpaired) electrons. The third-order valence-electron chi connectivity index (χ3n) is 7.64. The Morgan fingerprint density at radius 1 is 0.706 bits per heavy atom. The second-order valence-corrected chi connectivity index (χ2v) is 9.57. The average Bonchev–Trinajstić information content (AvgIpc) is 2.85. The van der Waals surface area contributed by atoms with Crippen molar-refractivity contribution in [3.05, 3.63) is 139 Å². The Morgan fingerprint density at radius 2 is 1.38 bits per heavy atom. The summed E-state index contributed by atoms with van der Waals surface area (Å²) in [4.78, 5) is 0. The highest BCUT2D eigenvalue weighted by atomic mass is 19.1. The molecule has 34 heavy (non-hydrogen) atoms. The molecule has 0 nitrogen and oxygen atoms in total. The molecule has 6 rings (SSSR count). The van der Waals surface area contributed by atoms with Crippen LogP contribution in [-0.4, -0.2) is 0 Å². The Morgan fingerprint density at radius 3 is 2.18 bits per heavy atom. The first kappa shape index (κ1) is 21.0. The van der Waals surface area contributed by atoms with Crippen molar-refractivity contribution in [2.75, 3.05) is 0 Å². The SMILES string of the molecule is Cc1ccccc1C1=c2ccc3c(c2CCC1C)C(c1ccccc1F)C(F)=c1ccccc1=3. The molecule has 0 aromatic heterocycles. The second kappa shape index (κ2) is 8.06. The minimum absolute atomic E-state index is 0.266. The van der Waals surface area contributed by atoms with E-state index in [-0.39, 0.29) is 11.6 Å². The predicted molar refractivity (Wildman–Crippen MR) is 134 cm³/mol. The molecule has 0 saturated heterocycles. The van der Waals surface area contributed by atoms with Crippen LogP contribution in [0, 0.1) is 29.1 Å². The minimum atomic E-state index is -0.743. The van der Waals surface area contributed by atoms with Crippen molar-refractivity contribution < 1.29 is 8.78 Å². The maximum atomic E-state index is 16.3. The van der Waals surface area contributed by atoms with Gasteiger partial charge in [0.25, 0.3) is 0 Å². The van der Waals surface area contributed by atoms with Crippen LogP contribution in [0.5, 0.6) is 0 Å². The van der Waals surface area contributed by atoms with E-state index in [2.05, 4.69) is 50.2 Å². The number of fused-ring (bicyclic) bond motifs is 4. The van der Waals surface area contributed by atoms with E-state index < -0.39 is 5.92 Å². The topological polar surface area (TPSA) is 0 Å². The minimum Gasteiger partial charge on any atom is -0.210 e. The zero-order chi connectivity index (χ0) is 23.4. The summed E-state index contributed by atoms with van der Waals surface area (Å²) < 4.78 is 31.4. The summed E-state index contributed by atoms with van der Waals surface area (Å²) in [6.07, 6.45) is 1.84. The van der Waals surface area contributed by atoms with E-state index in [9.17, 15) is 0 Å². The van der Waals surface area contributed by atoms with E-state index in [0.29, 0.717) is 16.7 Å². The van der Waals surface area contributed by atoms with Crippen molar-refractivity contribution in [1.82, 2.24) is 0 Å². The highest BCUT2D eigenvalue weighted by Gasteiger charge is 2.31. The van der Waals surface area contributed by atoms with Gasteiger partial charge in [-0.25, -0.2) is 8.78 Å². The normalized spacial score (nSPS) is 18.8. The van der Waals surface area contributed by atoms with E-state index in [0.717, 1.165) is 34.4 Å². The summed E-state index contributed by atoms with van der Waals surface area (Å²) in [6.45, 7) is 4.42. The molecule has 0 fully saturated rings. The molecule has 0 amide bonds. The molecule has 2 aliphatic rings. The largest absolute Gasteiger partial charge is 0.210 e. The summed E-state index contributed by atoms with van der Waals surface area (Å²) in [7, 11) is 0. The fourth-order valence-corrected chi connectivity index (χ4v) is 6.02. The van der Waals surface area contributed by atoms with E-state index >= 15 is 8.78 Å². The molecule has 0 bridgehead atoms. The standard InChI is InChI=1S/C32H26F2/c1-19-9-3-4-10-21(19)29-20(2)15-16-25-24(29)18-17-23-22-11-5-6-12-26(22)32(34)31(30(23)25)27-13-7-8-14-28(27)33/h3-14,17-18,20,31H,15-16H2,1-2H3. The van der Waals surface area contributed by atoms with Crippen LogP contribution in [-0.2, 0) is 6.42 Å². The Balaban J connectivity index is 1.81. The second-order valence-electron chi connectivity index (χ2n) is 9.57. The number of halogens is 2. The van der Waals surface area contributed by atoms with Crippen LogP contribution < -0.4 is 10.4 Å². The van der Waals surface area contributed by atoms with Gasteiger partial charge in [0.2, 0.25) is 0 Å². The van der Waals surface area contributed by atoms with E-state index in [1.54, 1.807) is 18.2 Å². The predicted octanol–water partition coefficient (Wildman–Crippen LogP) is 6.43. The molecule has 168 valence electrons. The third kappa shape index (κ3) is 3.09. The Labute approximate surface area is 198 Å². The van der Waals surface area contributed by atoms with Crippen LogP contribution in [0.3, 0.4) is 0 Å². The Kier molecular flexibility index (Phi) is 4.99. The van der Waals surface area contributed by atoms with Crippen molar-refractivity contribution in [2.24, 2.45) is 5.92 Å². The monoisotopic (exact) mass is 448 g/mol. The number of benzene rings is 4. The molecular formula is C32H26F2. The van der Waals surface area contributed by atoms with Gasteiger partial charge in [-0.1, -0.05) is 85.8 Å². The number of rotatable bonds is 2. The lowest BCUT2D eigenvalue weighted by molar-refractivity contribution is 0.589. The summed E-state index contributed by atoms with van der Waals surface area (Å²) in [5, 5.41) is 3.65. The molecule has 0 aliphatic heterocycles. The third-order valence-corrected chi connectivity index (χ3v) is 7.64. The van der Waals surface area contributed by atoms with Gasteiger partial charge in [0, 0.05) is 10.8 Å². The van der Waals surface area contributed by atoms with Gasteiger partial charge in [-0.2, -0.15) is 0 Å². The first-order chi connectivity index (χ1) is 16.6. The molecule has 2 aliphatic carbocycles. The molecule has 2 atom stereocenters. The van der Waals surface area contributed by atoms with Crippen LogP contribution >= 0.6 is 0 Å². The fraction of sp³-hybridized carbons (Fsp3) is 0.188. The van der Waals surface area contributed by atoms with Crippen LogP contribution in [0.25, 0.3) is 11.4 Å². The van der Waals surface area contributed by atoms with E-state index in [1.165, 1.54) is 28.0 Å². The first-order valence-electron chi connectivity index (χ1n) is 12.0. The van der Waals surface area contributed by atoms with Gasteiger partial charge in [0.05, 0.1) is 5.92 Å². The molecule has 0 heterocycles. The zero-order valence-electron chi connectivity index (χ0n) is 19.4. The van der Waals surface area contributed by atoms with Crippen molar-refractivity contribution >= 4 is 11.4 Å². The number of aryl methyl sites for hydroxylation is 1. The van der Waals surface area contributed by atoms with Gasteiger partial charge in [0.1, 0.15) is 11.6 Å². The number of hydrogen-bond donors (Lipinski definition) is 0. The van der Waals surface area contributed by atoms with Gasteiger partial charge in [-0.15, -0.1) is 0 Å². The van der Waals surface area contributed by atoms with Crippen molar-refractivity contribution in [3.63, 3.8) is 0 Å².